The van der Waals surface area contributed by atoms with E-state index in [0.29, 0.717) is 5.88 Å². The third-order valence-electron chi connectivity index (χ3n) is 1.98. The van der Waals surface area contributed by atoms with Gasteiger partial charge in [0, 0.05) is 5.88 Å². The van der Waals surface area contributed by atoms with E-state index in [2.05, 4.69) is 0 Å². The van der Waals surface area contributed by atoms with Crippen LogP contribution in [-0.4, -0.2) is 11.1 Å². The lowest BCUT2D eigenvalue weighted by atomic mass is 10.00. The van der Waals surface area contributed by atoms with Gasteiger partial charge in [-0.1, -0.05) is 24.3 Å². The molecule has 70 valence electrons. The van der Waals surface area contributed by atoms with Crippen LogP contribution in [0.2, 0.25) is 0 Å². The number of hydrogen-bond acceptors (Lipinski definition) is 1. The summed E-state index contributed by atoms with van der Waals surface area (Å²) in [5.41, 5.74) is 1.75. The molecule has 0 spiro atoms. The van der Waals surface area contributed by atoms with Crippen LogP contribution in [0.3, 0.4) is 0 Å². The minimum Gasteiger partial charge on any atom is -0.481 e. The maximum Gasteiger partial charge on any atom is 0.310 e. The number of carboxylic acid groups (broad SMARTS) is 1. The minimum absolute atomic E-state index is 0.417. The molecule has 0 saturated heterocycles. The van der Waals surface area contributed by atoms with E-state index >= 15 is 0 Å². The number of aliphatic carboxylic acids is 1. The molecule has 1 rings (SSSR count). The largest absolute Gasteiger partial charge is 0.481 e. The molecule has 0 bridgehead atoms. The molecule has 0 amide bonds. The molecule has 1 atom stereocenters. The van der Waals surface area contributed by atoms with Gasteiger partial charge in [-0.3, -0.25) is 4.79 Å². The Morgan fingerprint density at radius 1 is 1.62 bits per heavy atom. The van der Waals surface area contributed by atoms with Crippen molar-refractivity contribution in [3.8, 4) is 0 Å². The molecule has 1 unspecified atom stereocenters. The van der Waals surface area contributed by atoms with Crippen molar-refractivity contribution >= 4 is 17.6 Å². The maximum atomic E-state index is 10.7. The second kappa shape index (κ2) is 4.28. The predicted molar refractivity (Wildman–Crippen MR) is 52.0 cm³/mol. The Morgan fingerprint density at radius 2 is 2.31 bits per heavy atom. The first-order valence-electron chi connectivity index (χ1n) is 4.02. The van der Waals surface area contributed by atoms with E-state index in [1.807, 2.05) is 18.2 Å². The highest BCUT2D eigenvalue weighted by atomic mass is 35.5. The quantitative estimate of drug-likeness (QED) is 0.759. The van der Waals surface area contributed by atoms with Crippen LogP contribution in [-0.2, 0) is 10.7 Å². The number of rotatable bonds is 3. The number of carboxylic acids is 1. The highest BCUT2D eigenvalue weighted by Gasteiger charge is 2.13. The van der Waals surface area contributed by atoms with Crippen LogP contribution in [0.5, 0.6) is 0 Å². The summed E-state index contributed by atoms with van der Waals surface area (Å²) in [6.07, 6.45) is 0. The fourth-order valence-corrected chi connectivity index (χ4v) is 1.25. The molecular weight excluding hydrogens is 188 g/mol. The van der Waals surface area contributed by atoms with Gasteiger partial charge in [0.15, 0.2) is 0 Å². The lowest BCUT2D eigenvalue weighted by molar-refractivity contribution is -0.138. The van der Waals surface area contributed by atoms with Crippen LogP contribution in [0.4, 0.5) is 0 Å². The molecule has 0 fully saturated rings. The maximum absolute atomic E-state index is 10.7. The van der Waals surface area contributed by atoms with Crippen molar-refractivity contribution in [2.24, 2.45) is 0 Å². The summed E-state index contributed by atoms with van der Waals surface area (Å²) in [6, 6.07) is 7.33. The molecule has 0 radical (unpaired) electrons. The summed E-state index contributed by atoms with van der Waals surface area (Å²) in [6.45, 7) is 1.66. The van der Waals surface area contributed by atoms with E-state index < -0.39 is 11.9 Å². The summed E-state index contributed by atoms with van der Waals surface area (Å²) >= 11 is 5.64. The van der Waals surface area contributed by atoms with Gasteiger partial charge in [-0.2, -0.15) is 0 Å². The van der Waals surface area contributed by atoms with E-state index in [1.54, 1.807) is 13.0 Å². The molecule has 1 aromatic rings. The number of alkyl halides is 1. The van der Waals surface area contributed by atoms with Crippen LogP contribution in [0, 0.1) is 0 Å². The highest BCUT2D eigenvalue weighted by Crippen LogP contribution is 2.17. The molecule has 0 aliphatic rings. The lowest BCUT2D eigenvalue weighted by Gasteiger charge is -2.07. The van der Waals surface area contributed by atoms with Gasteiger partial charge in [0.25, 0.3) is 0 Å². The third-order valence-corrected chi connectivity index (χ3v) is 2.28. The Kier molecular flexibility index (Phi) is 3.32. The van der Waals surface area contributed by atoms with Crippen LogP contribution in [0.25, 0.3) is 0 Å². The molecule has 1 aromatic carbocycles. The summed E-state index contributed by atoms with van der Waals surface area (Å²) in [5.74, 6) is -0.866. The summed E-state index contributed by atoms with van der Waals surface area (Å²) in [5, 5.41) is 8.77. The van der Waals surface area contributed by atoms with Gasteiger partial charge < -0.3 is 5.11 Å². The summed E-state index contributed by atoms with van der Waals surface area (Å²) in [7, 11) is 0. The summed E-state index contributed by atoms with van der Waals surface area (Å²) < 4.78 is 0. The fraction of sp³-hybridized carbons (Fsp3) is 0.300. The van der Waals surface area contributed by atoms with E-state index in [9.17, 15) is 4.79 Å². The van der Waals surface area contributed by atoms with Gasteiger partial charge in [0.2, 0.25) is 0 Å². The molecule has 3 heteroatoms. The third kappa shape index (κ3) is 2.46. The molecule has 13 heavy (non-hydrogen) atoms. The normalized spacial score (nSPS) is 12.5. The first kappa shape index (κ1) is 10.1. The van der Waals surface area contributed by atoms with Crippen molar-refractivity contribution < 1.29 is 9.90 Å². The molecule has 2 nitrogen and oxygen atoms in total. The number of hydrogen-bond donors (Lipinski definition) is 1. The van der Waals surface area contributed by atoms with Gasteiger partial charge in [0.1, 0.15) is 0 Å². The van der Waals surface area contributed by atoms with E-state index in [-0.39, 0.29) is 0 Å². The second-order valence-corrected chi connectivity index (χ2v) is 3.21. The van der Waals surface area contributed by atoms with E-state index in [1.165, 1.54) is 0 Å². The van der Waals surface area contributed by atoms with Crippen molar-refractivity contribution in [2.45, 2.75) is 18.7 Å². The molecule has 0 heterocycles. The molecule has 0 aromatic heterocycles. The van der Waals surface area contributed by atoms with Crippen LogP contribution in [0.15, 0.2) is 24.3 Å². The SMILES string of the molecule is CC(C(=O)O)c1cccc(CCl)c1. The topological polar surface area (TPSA) is 37.3 Å². The van der Waals surface area contributed by atoms with Gasteiger partial charge in [-0.15, -0.1) is 11.6 Å². The monoisotopic (exact) mass is 198 g/mol. The molecular formula is C10H11ClO2. The van der Waals surface area contributed by atoms with Crippen LogP contribution >= 0.6 is 11.6 Å². The first-order valence-corrected chi connectivity index (χ1v) is 4.56. The van der Waals surface area contributed by atoms with Crippen molar-refractivity contribution in [1.29, 1.82) is 0 Å². The Balaban J connectivity index is 2.94. The Labute approximate surface area is 82.2 Å². The zero-order valence-corrected chi connectivity index (χ0v) is 8.08. The van der Waals surface area contributed by atoms with Crippen molar-refractivity contribution in [3.05, 3.63) is 35.4 Å². The molecule has 0 saturated carbocycles. The molecule has 1 N–H and O–H groups in total. The van der Waals surface area contributed by atoms with E-state index in [0.717, 1.165) is 11.1 Å². The van der Waals surface area contributed by atoms with Crippen molar-refractivity contribution in [2.75, 3.05) is 0 Å². The Morgan fingerprint density at radius 3 is 2.85 bits per heavy atom. The van der Waals surface area contributed by atoms with E-state index in [4.69, 9.17) is 16.7 Å². The zero-order chi connectivity index (χ0) is 9.84. The summed E-state index contributed by atoms with van der Waals surface area (Å²) in [4.78, 5) is 10.7. The average Bonchev–Trinajstić information content (AvgIpc) is 2.16. The Bertz CT molecular complexity index is 310. The predicted octanol–water partition coefficient (Wildman–Crippen LogP) is 2.61. The first-order chi connectivity index (χ1) is 6.15. The minimum atomic E-state index is -0.813. The average molecular weight is 199 g/mol. The fourth-order valence-electron chi connectivity index (χ4n) is 1.09. The lowest BCUT2D eigenvalue weighted by Crippen LogP contribution is -2.07. The second-order valence-electron chi connectivity index (χ2n) is 2.94. The van der Waals surface area contributed by atoms with Gasteiger partial charge in [0.05, 0.1) is 5.92 Å². The van der Waals surface area contributed by atoms with Gasteiger partial charge >= 0.3 is 5.97 Å². The standard InChI is InChI=1S/C10H11ClO2/c1-7(10(12)13)9-4-2-3-8(5-9)6-11/h2-5,7H,6H2,1H3,(H,12,13). The Hall–Kier alpha value is -1.02. The highest BCUT2D eigenvalue weighted by molar-refractivity contribution is 6.17. The number of halogens is 1. The molecule has 0 aliphatic carbocycles. The smallest absolute Gasteiger partial charge is 0.310 e. The molecule has 0 aliphatic heterocycles. The van der Waals surface area contributed by atoms with Crippen LogP contribution < -0.4 is 0 Å². The van der Waals surface area contributed by atoms with Crippen molar-refractivity contribution in [1.82, 2.24) is 0 Å². The number of carbonyl (C=O) groups is 1. The van der Waals surface area contributed by atoms with Crippen molar-refractivity contribution in [3.63, 3.8) is 0 Å². The zero-order valence-electron chi connectivity index (χ0n) is 7.33. The van der Waals surface area contributed by atoms with Gasteiger partial charge in [-0.05, 0) is 18.1 Å². The van der Waals surface area contributed by atoms with Gasteiger partial charge in [-0.25, -0.2) is 0 Å². The number of benzene rings is 1. The van der Waals surface area contributed by atoms with Crippen LogP contribution in [0.1, 0.15) is 24.0 Å².